The lowest BCUT2D eigenvalue weighted by Gasteiger charge is -2.05. The van der Waals surface area contributed by atoms with Crippen molar-refractivity contribution in [1.29, 1.82) is 0 Å². The third-order valence-corrected chi connectivity index (χ3v) is 3.18. The van der Waals surface area contributed by atoms with Gasteiger partial charge in [0.05, 0.1) is 19.6 Å². The predicted molar refractivity (Wildman–Crippen MR) is 64.4 cm³/mol. The molecular formula is C12H16O3S. The van der Waals surface area contributed by atoms with Crippen LogP contribution in [0.25, 0.3) is 0 Å². The maximum absolute atomic E-state index is 10.9. The fourth-order valence-electron chi connectivity index (χ4n) is 1.20. The third-order valence-electron chi connectivity index (χ3n) is 2.17. The summed E-state index contributed by atoms with van der Waals surface area (Å²) in [4.78, 5) is 12.0. The fourth-order valence-corrected chi connectivity index (χ4v) is 2.03. The quantitative estimate of drug-likeness (QED) is 0.634. The number of rotatable bonds is 5. The summed E-state index contributed by atoms with van der Waals surface area (Å²) < 4.78 is 4.55. The average Bonchev–Trinajstić information content (AvgIpc) is 2.29. The Morgan fingerprint density at radius 2 is 2.06 bits per heavy atom. The molecule has 1 rings (SSSR count). The summed E-state index contributed by atoms with van der Waals surface area (Å²) in [7, 11) is 1.39. The van der Waals surface area contributed by atoms with Crippen molar-refractivity contribution >= 4 is 17.7 Å². The van der Waals surface area contributed by atoms with Gasteiger partial charge in [-0.25, -0.2) is 0 Å². The Balaban J connectivity index is 2.40. The van der Waals surface area contributed by atoms with Crippen LogP contribution >= 0.6 is 11.8 Å². The van der Waals surface area contributed by atoms with Crippen LogP contribution in [0.4, 0.5) is 0 Å². The van der Waals surface area contributed by atoms with Crippen LogP contribution in [0, 0.1) is 0 Å². The molecule has 0 saturated carbocycles. The van der Waals surface area contributed by atoms with Crippen LogP contribution in [-0.2, 0) is 9.53 Å². The highest BCUT2D eigenvalue weighted by Gasteiger charge is 2.02. The lowest BCUT2D eigenvalue weighted by atomic mass is 10.1. The second-order valence-electron chi connectivity index (χ2n) is 3.42. The van der Waals surface area contributed by atoms with E-state index in [2.05, 4.69) is 4.74 Å². The van der Waals surface area contributed by atoms with E-state index < -0.39 is 6.10 Å². The van der Waals surface area contributed by atoms with Crippen molar-refractivity contribution in [2.24, 2.45) is 0 Å². The highest BCUT2D eigenvalue weighted by Crippen LogP contribution is 2.21. The zero-order chi connectivity index (χ0) is 12.0. The Kier molecular flexibility index (Phi) is 5.35. The van der Waals surface area contributed by atoms with Gasteiger partial charge in [-0.15, -0.1) is 11.8 Å². The van der Waals surface area contributed by atoms with Gasteiger partial charge in [0.15, 0.2) is 0 Å². The van der Waals surface area contributed by atoms with Crippen molar-refractivity contribution in [1.82, 2.24) is 0 Å². The van der Waals surface area contributed by atoms with Gasteiger partial charge in [-0.2, -0.15) is 0 Å². The smallest absolute Gasteiger partial charge is 0.306 e. The molecule has 1 N–H and O–H groups in total. The lowest BCUT2D eigenvalue weighted by molar-refractivity contribution is -0.140. The van der Waals surface area contributed by atoms with Crippen molar-refractivity contribution in [2.75, 3.05) is 12.9 Å². The highest BCUT2D eigenvalue weighted by atomic mass is 32.2. The minimum absolute atomic E-state index is 0.187. The topological polar surface area (TPSA) is 46.5 Å². The molecule has 0 saturated heterocycles. The van der Waals surface area contributed by atoms with E-state index in [9.17, 15) is 9.90 Å². The zero-order valence-corrected chi connectivity index (χ0v) is 10.3. The number of hydrogen-bond donors (Lipinski definition) is 1. The van der Waals surface area contributed by atoms with Crippen LogP contribution in [0.15, 0.2) is 29.2 Å². The number of aliphatic hydroxyl groups excluding tert-OH is 1. The molecule has 0 aliphatic carbocycles. The number of aliphatic hydroxyl groups is 1. The Morgan fingerprint density at radius 3 is 2.56 bits per heavy atom. The minimum Gasteiger partial charge on any atom is -0.469 e. The Labute approximate surface area is 99.8 Å². The van der Waals surface area contributed by atoms with E-state index in [-0.39, 0.29) is 5.97 Å². The van der Waals surface area contributed by atoms with Crippen LogP contribution in [0.3, 0.4) is 0 Å². The summed E-state index contributed by atoms with van der Waals surface area (Å²) in [6.45, 7) is 1.74. The molecule has 0 heterocycles. The molecule has 0 unspecified atom stereocenters. The molecule has 3 nitrogen and oxygen atoms in total. The monoisotopic (exact) mass is 240 g/mol. The normalized spacial score (nSPS) is 12.2. The standard InChI is InChI=1S/C12H16O3S/c1-9(13)10-3-5-11(6-4-10)16-8-7-12(14)15-2/h3-6,9,13H,7-8H2,1-2H3/t9-/m1/s1. The predicted octanol–water partition coefficient (Wildman–Crippen LogP) is 2.40. The van der Waals surface area contributed by atoms with Gasteiger partial charge in [0.2, 0.25) is 0 Å². The Bertz CT molecular complexity index is 333. The second kappa shape index (κ2) is 6.55. The third kappa shape index (κ3) is 4.24. The van der Waals surface area contributed by atoms with E-state index in [1.54, 1.807) is 18.7 Å². The maximum atomic E-state index is 10.9. The molecule has 1 aromatic carbocycles. The maximum Gasteiger partial charge on any atom is 0.306 e. The van der Waals surface area contributed by atoms with Crippen LogP contribution in [0.1, 0.15) is 25.0 Å². The molecule has 0 aromatic heterocycles. The number of esters is 1. The summed E-state index contributed by atoms with van der Waals surface area (Å²) >= 11 is 1.60. The molecule has 0 aliphatic rings. The van der Waals surface area contributed by atoms with E-state index in [0.717, 1.165) is 10.5 Å². The molecule has 4 heteroatoms. The molecule has 0 amide bonds. The number of carbonyl (C=O) groups excluding carboxylic acids is 1. The van der Waals surface area contributed by atoms with E-state index in [1.807, 2.05) is 24.3 Å². The van der Waals surface area contributed by atoms with Crippen molar-refractivity contribution in [3.63, 3.8) is 0 Å². The van der Waals surface area contributed by atoms with Crippen LogP contribution < -0.4 is 0 Å². The first kappa shape index (κ1) is 13.1. The number of benzene rings is 1. The molecule has 1 aromatic rings. The van der Waals surface area contributed by atoms with Crippen molar-refractivity contribution < 1.29 is 14.6 Å². The molecule has 88 valence electrons. The summed E-state index contributed by atoms with van der Waals surface area (Å²) in [6, 6.07) is 7.68. The first-order valence-corrected chi connectivity index (χ1v) is 6.09. The minimum atomic E-state index is -0.436. The SMILES string of the molecule is COC(=O)CCSc1ccc([C@@H](C)O)cc1. The highest BCUT2D eigenvalue weighted by molar-refractivity contribution is 7.99. The van der Waals surface area contributed by atoms with Crippen molar-refractivity contribution in [2.45, 2.75) is 24.3 Å². The number of thioether (sulfide) groups is 1. The van der Waals surface area contributed by atoms with E-state index >= 15 is 0 Å². The summed E-state index contributed by atoms with van der Waals surface area (Å²) in [5.41, 5.74) is 0.900. The largest absolute Gasteiger partial charge is 0.469 e. The van der Waals surface area contributed by atoms with Gasteiger partial charge in [0.1, 0.15) is 0 Å². The first-order chi connectivity index (χ1) is 7.63. The summed E-state index contributed by atoms with van der Waals surface area (Å²) in [6.07, 6.45) is -0.0200. The number of methoxy groups -OCH3 is 1. The van der Waals surface area contributed by atoms with Crippen molar-refractivity contribution in [3.8, 4) is 0 Å². The molecule has 1 atom stereocenters. The number of hydrogen-bond acceptors (Lipinski definition) is 4. The molecule has 16 heavy (non-hydrogen) atoms. The van der Waals surface area contributed by atoms with E-state index in [0.29, 0.717) is 12.2 Å². The van der Waals surface area contributed by atoms with Gasteiger partial charge in [-0.1, -0.05) is 12.1 Å². The molecule has 0 radical (unpaired) electrons. The van der Waals surface area contributed by atoms with Gasteiger partial charge in [0, 0.05) is 10.6 Å². The lowest BCUT2D eigenvalue weighted by Crippen LogP contribution is -2.00. The van der Waals surface area contributed by atoms with Crippen LogP contribution in [0.2, 0.25) is 0 Å². The second-order valence-corrected chi connectivity index (χ2v) is 4.59. The average molecular weight is 240 g/mol. The van der Waals surface area contributed by atoms with E-state index in [1.165, 1.54) is 7.11 Å². The van der Waals surface area contributed by atoms with Gasteiger partial charge >= 0.3 is 5.97 Å². The summed E-state index contributed by atoms with van der Waals surface area (Å²) in [5, 5.41) is 9.33. The van der Waals surface area contributed by atoms with Gasteiger partial charge in [0.25, 0.3) is 0 Å². The zero-order valence-electron chi connectivity index (χ0n) is 9.47. The first-order valence-electron chi connectivity index (χ1n) is 5.11. The van der Waals surface area contributed by atoms with Gasteiger partial charge < -0.3 is 9.84 Å². The number of carbonyl (C=O) groups is 1. The van der Waals surface area contributed by atoms with Crippen LogP contribution in [0.5, 0.6) is 0 Å². The fraction of sp³-hybridized carbons (Fsp3) is 0.417. The Morgan fingerprint density at radius 1 is 1.44 bits per heavy atom. The molecule has 0 spiro atoms. The molecule has 0 bridgehead atoms. The van der Waals surface area contributed by atoms with Gasteiger partial charge in [-0.05, 0) is 24.6 Å². The van der Waals surface area contributed by atoms with Gasteiger partial charge in [-0.3, -0.25) is 4.79 Å². The molecule has 0 aliphatic heterocycles. The molecule has 0 fully saturated rings. The Hall–Kier alpha value is -1.00. The van der Waals surface area contributed by atoms with E-state index in [4.69, 9.17) is 0 Å². The molecular weight excluding hydrogens is 224 g/mol. The number of ether oxygens (including phenoxy) is 1. The van der Waals surface area contributed by atoms with Crippen LogP contribution in [-0.4, -0.2) is 23.9 Å². The summed E-state index contributed by atoms with van der Waals surface area (Å²) in [5.74, 6) is 0.522. The van der Waals surface area contributed by atoms with Crippen molar-refractivity contribution in [3.05, 3.63) is 29.8 Å².